The van der Waals surface area contributed by atoms with Crippen LogP contribution in [0.15, 0.2) is 54.6 Å². The molecular formula is C21H24ClN3O3. The molecule has 28 heavy (non-hydrogen) atoms. The summed E-state index contributed by atoms with van der Waals surface area (Å²) >= 11 is 6.05. The van der Waals surface area contributed by atoms with Crippen molar-refractivity contribution >= 4 is 23.4 Å². The van der Waals surface area contributed by atoms with Gasteiger partial charge in [-0.2, -0.15) is 0 Å². The first-order chi connectivity index (χ1) is 13.6. The molecule has 2 amide bonds. The van der Waals surface area contributed by atoms with Gasteiger partial charge in [0.2, 0.25) is 0 Å². The summed E-state index contributed by atoms with van der Waals surface area (Å²) in [4.78, 5) is 26.1. The molecule has 3 rings (SSSR count). The summed E-state index contributed by atoms with van der Waals surface area (Å²) in [5, 5.41) is 5.82. The second-order valence-corrected chi connectivity index (χ2v) is 7.01. The first kappa shape index (κ1) is 20.3. The van der Waals surface area contributed by atoms with E-state index in [4.69, 9.17) is 16.3 Å². The molecule has 1 aliphatic heterocycles. The van der Waals surface area contributed by atoms with E-state index in [1.54, 1.807) is 6.07 Å². The molecule has 0 aromatic heterocycles. The second-order valence-electron chi connectivity index (χ2n) is 6.60. The summed E-state index contributed by atoms with van der Waals surface area (Å²) in [6, 6.07) is 17.3. The number of nitrogens with one attached hydrogen (secondary N) is 2. The average Bonchev–Trinajstić information content (AvgIpc) is 2.73. The second kappa shape index (κ2) is 10.2. The highest BCUT2D eigenvalue weighted by atomic mass is 35.5. The van der Waals surface area contributed by atoms with Gasteiger partial charge in [0.05, 0.1) is 12.7 Å². The van der Waals surface area contributed by atoms with Crippen LogP contribution in [0.3, 0.4) is 0 Å². The third-order valence-electron chi connectivity index (χ3n) is 4.64. The van der Waals surface area contributed by atoms with Gasteiger partial charge >= 0.3 is 11.8 Å². The van der Waals surface area contributed by atoms with E-state index < -0.39 is 11.8 Å². The zero-order valence-electron chi connectivity index (χ0n) is 15.6. The normalized spacial score (nSPS) is 17.1. The van der Waals surface area contributed by atoms with Crippen LogP contribution >= 0.6 is 11.6 Å². The number of rotatable bonds is 6. The van der Waals surface area contributed by atoms with Gasteiger partial charge in [0.1, 0.15) is 0 Å². The van der Waals surface area contributed by atoms with Gasteiger partial charge in [0, 0.05) is 37.7 Å². The molecule has 2 N–H and O–H groups in total. The van der Waals surface area contributed by atoms with Crippen LogP contribution in [0.5, 0.6) is 0 Å². The van der Waals surface area contributed by atoms with Crippen molar-refractivity contribution in [1.82, 2.24) is 15.5 Å². The molecular weight excluding hydrogens is 378 g/mol. The molecule has 2 aromatic carbocycles. The predicted octanol–water partition coefficient (Wildman–Crippen LogP) is 2.15. The summed E-state index contributed by atoms with van der Waals surface area (Å²) < 4.78 is 5.84. The number of carbonyl (C=O) groups excluding carboxylic acids is 2. The first-order valence-corrected chi connectivity index (χ1v) is 9.69. The zero-order chi connectivity index (χ0) is 19.8. The first-order valence-electron chi connectivity index (χ1n) is 9.32. The molecule has 0 spiro atoms. The van der Waals surface area contributed by atoms with Crippen molar-refractivity contribution in [2.24, 2.45) is 0 Å². The van der Waals surface area contributed by atoms with Crippen molar-refractivity contribution in [1.29, 1.82) is 0 Å². The molecule has 1 aliphatic rings. The predicted molar refractivity (Wildman–Crippen MR) is 108 cm³/mol. The SMILES string of the molecule is O=C(NCCN1CCO[C@@H](c2ccccc2)C1)C(=O)NCc1ccccc1Cl. The fourth-order valence-corrected chi connectivity index (χ4v) is 3.28. The van der Waals surface area contributed by atoms with Gasteiger partial charge in [-0.25, -0.2) is 0 Å². The third-order valence-corrected chi connectivity index (χ3v) is 5.01. The number of hydrogen-bond acceptors (Lipinski definition) is 4. The smallest absolute Gasteiger partial charge is 0.309 e. The lowest BCUT2D eigenvalue weighted by Gasteiger charge is -2.33. The number of ether oxygens (including phenoxy) is 1. The minimum Gasteiger partial charge on any atom is -0.371 e. The molecule has 1 fully saturated rings. The van der Waals surface area contributed by atoms with Crippen LogP contribution < -0.4 is 10.6 Å². The van der Waals surface area contributed by atoms with E-state index in [0.717, 1.165) is 24.2 Å². The van der Waals surface area contributed by atoms with Crippen LogP contribution in [0.25, 0.3) is 0 Å². The van der Waals surface area contributed by atoms with Crippen LogP contribution in [-0.2, 0) is 20.9 Å². The van der Waals surface area contributed by atoms with Crippen LogP contribution in [0.4, 0.5) is 0 Å². The van der Waals surface area contributed by atoms with E-state index in [1.165, 1.54) is 0 Å². The molecule has 7 heteroatoms. The Morgan fingerprint density at radius 1 is 1.04 bits per heavy atom. The third kappa shape index (κ3) is 5.79. The summed E-state index contributed by atoms with van der Waals surface area (Å²) in [6.45, 7) is 3.49. The van der Waals surface area contributed by atoms with Crippen molar-refractivity contribution in [2.45, 2.75) is 12.6 Å². The van der Waals surface area contributed by atoms with Crippen molar-refractivity contribution < 1.29 is 14.3 Å². The highest BCUT2D eigenvalue weighted by Crippen LogP contribution is 2.21. The van der Waals surface area contributed by atoms with E-state index in [0.29, 0.717) is 24.7 Å². The van der Waals surface area contributed by atoms with Crippen molar-refractivity contribution in [2.75, 3.05) is 32.8 Å². The Balaban J connectivity index is 1.38. The van der Waals surface area contributed by atoms with E-state index >= 15 is 0 Å². The molecule has 148 valence electrons. The molecule has 0 radical (unpaired) electrons. The molecule has 0 bridgehead atoms. The Morgan fingerprint density at radius 2 is 1.75 bits per heavy atom. The Hall–Kier alpha value is -2.41. The number of halogens is 1. The van der Waals surface area contributed by atoms with Gasteiger partial charge < -0.3 is 15.4 Å². The van der Waals surface area contributed by atoms with Crippen molar-refractivity contribution in [3.63, 3.8) is 0 Å². The molecule has 0 unspecified atom stereocenters. The molecule has 0 aliphatic carbocycles. The summed E-state index contributed by atoms with van der Waals surface area (Å²) in [6.07, 6.45) is 0.0320. The summed E-state index contributed by atoms with van der Waals surface area (Å²) in [7, 11) is 0. The van der Waals surface area contributed by atoms with Gasteiger partial charge in [-0.15, -0.1) is 0 Å². The highest BCUT2D eigenvalue weighted by molar-refractivity contribution is 6.35. The Bertz CT molecular complexity index is 800. The van der Waals surface area contributed by atoms with Crippen molar-refractivity contribution in [3.05, 3.63) is 70.7 Å². The van der Waals surface area contributed by atoms with E-state index in [9.17, 15) is 9.59 Å². The number of benzene rings is 2. The van der Waals surface area contributed by atoms with Crippen LogP contribution in [-0.4, -0.2) is 49.5 Å². The zero-order valence-corrected chi connectivity index (χ0v) is 16.3. The van der Waals surface area contributed by atoms with Crippen LogP contribution in [0.2, 0.25) is 5.02 Å². The topological polar surface area (TPSA) is 70.7 Å². The monoisotopic (exact) mass is 401 g/mol. The van der Waals surface area contributed by atoms with Gasteiger partial charge in [-0.3, -0.25) is 14.5 Å². The lowest BCUT2D eigenvalue weighted by atomic mass is 10.1. The molecule has 0 saturated carbocycles. The number of morpholine rings is 1. The minimum absolute atomic E-state index is 0.0320. The molecule has 2 aromatic rings. The Kier molecular flexibility index (Phi) is 7.42. The maximum Gasteiger partial charge on any atom is 0.309 e. The fourth-order valence-electron chi connectivity index (χ4n) is 3.08. The maximum atomic E-state index is 12.0. The van der Waals surface area contributed by atoms with Crippen molar-refractivity contribution in [3.8, 4) is 0 Å². The molecule has 1 atom stereocenters. The largest absolute Gasteiger partial charge is 0.371 e. The van der Waals surface area contributed by atoms with Gasteiger partial charge in [0.15, 0.2) is 0 Å². The molecule has 6 nitrogen and oxygen atoms in total. The van der Waals surface area contributed by atoms with Gasteiger partial charge in [-0.1, -0.05) is 60.1 Å². The lowest BCUT2D eigenvalue weighted by molar-refractivity contribution is -0.139. The van der Waals surface area contributed by atoms with Crippen LogP contribution in [0, 0.1) is 0 Å². The lowest BCUT2D eigenvalue weighted by Crippen LogP contribution is -2.45. The number of amides is 2. The number of carbonyl (C=O) groups is 2. The van der Waals surface area contributed by atoms with E-state index in [1.807, 2.05) is 36.4 Å². The van der Waals surface area contributed by atoms with Crippen LogP contribution in [0.1, 0.15) is 17.2 Å². The molecule has 1 saturated heterocycles. The summed E-state index contributed by atoms with van der Waals surface area (Å²) in [5.74, 6) is -1.30. The maximum absolute atomic E-state index is 12.0. The van der Waals surface area contributed by atoms with E-state index in [-0.39, 0.29) is 12.6 Å². The van der Waals surface area contributed by atoms with Gasteiger partial charge in [0.25, 0.3) is 0 Å². The average molecular weight is 402 g/mol. The quantitative estimate of drug-likeness (QED) is 0.727. The summed E-state index contributed by atoms with van der Waals surface area (Å²) in [5.41, 5.74) is 1.92. The molecule has 1 heterocycles. The van der Waals surface area contributed by atoms with Gasteiger partial charge in [-0.05, 0) is 17.2 Å². The number of nitrogens with zero attached hydrogens (tertiary/aromatic N) is 1. The highest BCUT2D eigenvalue weighted by Gasteiger charge is 2.22. The Labute approximate surface area is 169 Å². The minimum atomic E-state index is -0.663. The Morgan fingerprint density at radius 3 is 2.54 bits per heavy atom. The standard InChI is InChI=1S/C21H24ClN3O3/c22-18-9-5-4-8-17(18)14-24-21(27)20(26)23-10-11-25-12-13-28-19(15-25)16-6-2-1-3-7-16/h1-9,19H,10-15H2,(H,23,26)(H,24,27)/t19-/m1/s1. The number of hydrogen-bond donors (Lipinski definition) is 2. The van der Waals surface area contributed by atoms with E-state index in [2.05, 4.69) is 27.7 Å². The fraction of sp³-hybridized carbons (Fsp3) is 0.333.